The number of amides is 9. The molecule has 0 aromatic rings. The molecule has 29 nitrogen and oxygen atoms in total. The number of aliphatic hydroxyl groups excluding tert-OH is 5. The highest BCUT2D eigenvalue weighted by Gasteiger charge is 2.35. The lowest BCUT2D eigenvalue weighted by Crippen LogP contribution is -2.52. The van der Waals surface area contributed by atoms with Crippen LogP contribution in [-0.2, 0) is 42.8 Å². The molecule has 0 aliphatic carbocycles. The van der Waals surface area contributed by atoms with Gasteiger partial charge in [-0.25, -0.2) is 28.8 Å². The maximum Gasteiger partial charge on any atom is 0.410 e. The normalized spacial score (nSPS) is 13.9. The first-order valence-corrected chi connectivity index (χ1v) is 43.7. The van der Waals surface area contributed by atoms with Crippen LogP contribution in [0, 0.1) is 29.6 Å². The Hall–Kier alpha value is -6.17. The summed E-state index contributed by atoms with van der Waals surface area (Å²) in [5, 5.41) is 60.5. The fraction of sp³-hybridized carbons (Fsp3) is 0.897. The van der Waals surface area contributed by atoms with E-state index in [2.05, 4.69) is 68.1 Å². The zero-order valence-electron chi connectivity index (χ0n) is 76.9. The van der Waals surface area contributed by atoms with Gasteiger partial charge in [0.1, 0.15) is 51.9 Å². The number of alkyl carbamates (subject to hydrolysis) is 2. The molecule has 0 aromatic carbocycles. The highest BCUT2D eigenvalue weighted by Crippen LogP contribution is 2.25. The van der Waals surface area contributed by atoms with Gasteiger partial charge in [-0.05, 0) is 218 Å². The number of carbonyl (C=O) groups excluding carboxylic acids is 9. The summed E-state index contributed by atoms with van der Waals surface area (Å²) in [6, 6.07) is 0. The van der Waals surface area contributed by atoms with Crippen molar-refractivity contribution in [2.24, 2.45) is 29.6 Å². The second-order valence-corrected chi connectivity index (χ2v) is 38.1. The van der Waals surface area contributed by atoms with Crippen LogP contribution in [0.25, 0.3) is 0 Å². The number of rotatable bonds is 55. The zero-order chi connectivity index (χ0) is 89.1. The molecule has 0 aromatic heterocycles. The molecule has 116 heavy (non-hydrogen) atoms. The predicted molar refractivity (Wildman–Crippen MR) is 457 cm³/mol. The molecule has 0 aliphatic heterocycles. The van der Waals surface area contributed by atoms with Crippen LogP contribution in [0.15, 0.2) is 0 Å². The number of nitrogens with one attached hydrogen (secondary N) is 5. The molecule has 0 heterocycles. The van der Waals surface area contributed by atoms with E-state index in [1.807, 2.05) is 83.1 Å². The van der Waals surface area contributed by atoms with E-state index in [1.165, 1.54) is 51.4 Å². The van der Waals surface area contributed by atoms with Gasteiger partial charge in [0, 0.05) is 97.9 Å². The molecule has 0 bridgehead atoms. The standard InChI is InChI=1S/C64H123N7O13.C23H46N2O7/c1-49(2)33-30-34-50(3)36-37-52(72)65-38-25-23-22-24-35-51(47-70(57(77)83-63(16,17)18)43-28-26-41-68(55(75)81-61(10,11)12)45-31-39-66-53(73)79-59(4,5)6)48-71(58(78)84-64(19,20)21)44-29-27-42-69(56(76)82-62(13,14)15)46-32-40-67-54(74)80-60(7,8)9;1-4-5-6-8-16(2)9-7-10-17(3)11-12-19(28)24-13-14-25-23(32)22(31)21(30)20(29)18(27)15-26/h49-51H,22-48H2,1-21H3,(H,65,72)(H,66,73)(H,67,74);16-18,20-22,26-27,29-31H,4-15H2,1-3H3,(H,24,28)(H,25,32)/t;16?,17?,18-,20-,21+,22-/m.1/s1. The van der Waals surface area contributed by atoms with Crippen molar-refractivity contribution < 1.29 is 97.1 Å². The maximum absolute atomic E-state index is 14.2. The van der Waals surface area contributed by atoms with E-state index in [9.17, 15) is 63.6 Å². The van der Waals surface area contributed by atoms with Crippen molar-refractivity contribution in [1.82, 2.24) is 46.2 Å². The molecular formula is C87H169N9O20. The number of hydrogen-bond donors (Lipinski definition) is 10. The first-order chi connectivity index (χ1) is 53.7. The van der Waals surface area contributed by atoms with Crippen LogP contribution in [0.2, 0.25) is 0 Å². The number of aliphatic hydroxyl groups is 5. The summed E-state index contributed by atoms with van der Waals surface area (Å²) < 4.78 is 34.3. The van der Waals surface area contributed by atoms with Gasteiger partial charge in [-0.1, -0.05) is 125 Å². The van der Waals surface area contributed by atoms with E-state index >= 15 is 0 Å². The third-order valence-electron chi connectivity index (χ3n) is 18.4. The van der Waals surface area contributed by atoms with E-state index in [1.54, 1.807) is 61.1 Å². The predicted octanol–water partition coefficient (Wildman–Crippen LogP) is 14.7. The molecular weight excluding hydrogens is 1490 g/mol. The molecule has 0 saturated heterocycles. The maximum atomic E-state index is 14.2. The van der Waals surface area contributed by atoms with Gasteiger partial charge in [0.2, 0.25) is 11.8 Å². The zero-order valence-corrected chi connectivity index (χ0v) is 76.9. The minimum atomic E-state index is -1.97. The number of nitrogens with zero attached hydrogens (tertiary/aromatic N) is 4. The van der Waals surface area contributed by atoms with E-state index in [-0.39, 0.29) is 43.9 Å². The van der Waals surface area contributed by atoms with Crippen molar-refractivity contribution in [3.8, 4) is 0 Å². The molecule has 0 rings (SSSR count). The average Bonchev–Trinajstić information content (AvgIpc) is 0.861. The Labute approximate surface area is 700 Å². The fourth-order valence-corrected chi connectivity index (χ4v) is 12.1. The van der Waals surface area contributed by atoms with Crippen LogP contribution in [0.3, 0.4) is 0 Å². The smallest absolute Gasteiger partial charge is 0.410 e. The lowest BCUT2D eigenvalue weighted by Gasteiger charge is -2.34. The van der Waals surface area contributed by atoms with Crippen molar-refractivity contribution in [2.45, 2.75) is 385 Å². The molecule has 9 amide bonds. The van der Waals surface area contributed by atoms with Crippen LogP contribution in [0.4, 0.5) is 28.8 Å². The summed E-state index contributed by atoms with van der Waals surface area (Å²) in [6.07, 6.45) is 11.5. The summed E-state index contributed by atoms with van der Waals surface area (Å²) in [5.41, 5.74) is -4.35. The van der Waals surface area contributed by atoms with Gasteiger partial charge >= 0.3 is 36.6 Å². The quantitative estimate of drug-likeness (QED) is 0.0200. The summed E-state index contributed by atoms with van der Waals surface area (Å²) in [4.78, 5) is 123. The Morgan fingerprint density at radius 2 is 0.647 bits per heavy atom. The fourth-order valence-electron chi connectivity index (χ4n) is 12.1. The largest absolute Gasteiger partial charge is 0.444 e. The van der Waals surface area contributed by atoms with Crippen LogP contribution in [0.1, 0.15) is 327 Å². The van der Waals surface area contributed by atoms with Crippen molar-refractivity contribution >= 4 is 54.3 Å². The van der Waals surface area contributed by atoms with Crippen molar-refractivity contribution in [3.63, 3.8) is 0 Å². The summed E-state index contributed by atoms with van der Waals surface area (Å²) in [5.74, 6) is 1.25. The first-order valence-electron chi connectivity index (χ1n) is 43.7. The lowest BCUT2D eigenvalue weighted by atomic mass is 9.93. The molecule has 0 saturated carbocycles. The van der Waals surface area contributed by atoms with Crippen LogP contribution < -0.4 is 26.6 Å². The number of unbranched alkanes of at least 4 members (excludes halogenated alkanes) is 7. The number of hydrogen-bond acceptors (Lipinski definition) is 20. The van der Waals surface area contributed by atoms with E-state index in [0.717, 1.165) is 57.3 Å². The van der Waals surface area contributed by atoms with Gasteiger partial charge in [-0.3, -0.25) is 14.4 Å². The van der Waals surface area contributed by atoms with E-state index in [0.29, 0.717) is 134 Å². The Kier molecular flexibility index (Phi) is 57.4. The molecule has 0 radical (unpaired) electrons. The monoisotopic (exact) mass is 1660 g/mol. The Morgan fingerprint density at radius 1 is 0.328 bits per heavy atom. The highest BCUT2D eigenvalue weighted by molar-refractivity contribution is 5.81. The van der Waals surface area contributed by atoms with Crippen LogP contribution in [-0.4, -0.2) is 249 Å². The van der Waals surface area contributed by atoms with Gasteiger partial charge in [-0.15, -0.1) is 0 Å². The molecule has 10 N–H and O–H groups in total. The molecule has 29 heteroatoms. The van der Waals surface area contributed by atoms with Crippen molar-refractivity contribution in [3.05, 3.63) is 0 Å². The SMILES string of the molecule is CC(C)CCCC(C)CCC(=O)NCCCCCCC(CN(CCCCN(CCCNC(=O)OC(C)(C)C)C(=O)OC(C)(C)C)C(=O)OC(C)(C)C)CN(CCCCN(CCCNC(=O)OC(C)(C)C)C(=O)OC(C)(C)C)C(=O)OC(C)(C)C.CCCCCC(C)CCCC(C)CCC(=O)NCCNC(=O)[C@H](O)[C@@H](O)[C@H](O)[C@H](O)CO. The van der Waals surface area contributed by atoms with Gasteiger partial charge in [0.25, 0.3) is 5.91 Å². The number of ether oxygens (including phenoxy) is 6. The van der Waals surface area contributed by atoms with Gasteiger partial charge in [-0.2, -0.15) is 0 Å². The van der Waals surface area contributed by atoms with Crippen molar-refractivity contribution in [1.29, 1.82) is 0 Å². The van der Waals surface area contributed by atoms with E-state index < -0.39 is 107 Å². The van der Waals surface area contributed by atoms with Gasteiger partial charge < -0.3 is 100 Å². The molecule has 7 atom stereocenters. The Morgan fingerprint density at radius 3 is 1.03 bits per heavy atom. The summed E-state index contributed by atoms with van der Waals surface area (Å²) in [6.45, 7) is 49.0. The van der Waals surface area contributed by atoms with E-state index in [4.69, 9.17) is 33.5 Å². The topological polar surface area (TPSA) is 383 Å². The highest BCUT2D eigenvalue weighted by atomic mass is 16.6. The Balaban J connectivity index is 0. The summed E-state index contributed by atoms with van der Waals surface area (Å²) in [7, 11) is 0. The third-order valence-corrected chi connectivity index (χ3v) is 18.4. The minimum absolute atomic E-state index is 0.0402. The Bertz CT molecular complexity index is 2590. The number of carbonyl (C=O) groups is 9. The van der Waals surface area contributed by atoms with Crippen LogP contribution >= 0.6 is 0 Å². The third kappa shape index (κ3) is 64.8. The van der Waals surface area contributed by atoms with Crippen LogP contribution in [0.5, 0.6) is 0 Å². The molecule has 0 fully saturated rings. The second kappa shape index (κ2) is 59.5. The average molecular weight is 1660 g/mol. The minimum Gasteiger partial charge on any atom is -0.444 e. The molecule has 0 spiro atoms. The van der Waals surface area contributed by atoms with Gasteiger partial charge in [0.05, 0.1) is 6.61 Å². The second-order valence-electron chi connectivity index (χ2n) is 38.1. The molecule has 3 unspecified atom stereocenters. The summed E-state index contributed by atoms with van der Waals surface area (Å²) >= 11 is 0. The molecule has 682 valence electrons. The van der Waals surface area contributed by atoms with Crippen molar-refractivity contribution in [2.75, 3.05) is 91.7 Å². The first kappa shape index (κ1) is 112. The molecule has 0 aliphatic rings. The van der Waals surface area contributed by atoms with Gasteiger partial charge in [0.15, 0.2) is 6.10 Å². The lowest BCUT2D eigenvalue weighted by molar-refractivity contribution is -0.149.